The second-order valence-electron chi connectivity index (χ2n) is 10.5. The summed E-state index contributed by atoms with van der Waals surface area (Å²) in [5.74, 6) is -0.585. The number of carbonyl (C=O) groups excluding carboxylic acids is 2. The Hall–Kier alpha value is -3.02. The predicted octanol–water partition coefficient (Wildman–Crippen LogP) is 3.45. The van der Waals surface area contributed by atoms with Crippen LogP contribution in [0.1, 0.15) is 53.3 Å². The quantitative estimate of drug-likeness (QED) is 0.442. The molecular weight excluding hydrogens is 536 g/mol. The minimum Gasteiger partial charge on any atom is -0.372 e. The minimum absolute atomic E-state index is 0.117. The zero-order chi connectivity index (χ0) is 27.7. The normalized spacial score (nSPS) is 19.5. The maximum Gasteiger partial charge on any atom is 0.253 e. The average molecular weight is 571 g/mol. The van der Waals surface area contributed by atoms with E-state index in [-0.39, 0.29) is 31.0 Å². The number of nitrogens with zero attached hydrogens (tertiary/aromatic N) is 3. The molecule has 2 aromatic heterocycles. The molecule has 1 aromatic carbocycles. The fourth-order valence-electron chi connectivity index (χ4n) is 5.47. The van der Waals surface area contributed by atoms with Crippen LogP contribution >= 0.6 is 11.3 Å². The van der Waals surface area contributed by atoms with Crippen LogP contribution in [0, 0.1) is 0 Å². The lowest BCUT2D eigenvalue weighted by Gasteiger charge is -2.37. The zero-order valence-electron chi connectivity index (χ0n) is 22.5. The Labute approximate surface area is 233 Å². The monoisotopic (exact) mass is 570 g/mol. The van der Waals surface area contributed by atoms with Crippen LogP contribution in [0.4, 0.5) is 5.69 Å². The van der Waals surface area contributed by atoms with Gasteiger partial charge in [-0.15, -0.1) is 11.3 Å². The molecule has 1 saturated heterocycles. The standard InChI is InChI=1S/C28H34N4O5S2/c1-18-14-31(15-19(2)37-18)21-8-6-7-20(11-21)25-17-38-27(30-25)12-22(33)13-29-28(34)24-16-32(39(3,35)36)26-10-5-4-9-23(24)26/h6-8,11,16-19H,4-5,9-10,12-15H2,1-3H3,(H,29,34)/t18-,19+. The first kappa shape index (κ1) is 27.5. The summed E-state index contributed by atoms with van der Waals surface area (Å²) in [7, 11) is -3.51. The van der Waals surface area contributed by atoms with Crippen molar-refractivity contribution in [2.24, 2.45) is 0 Å². The van der Waals surface area contributed by atoms with E-state index < -0.39 is 15.9 Å². The first-order chi connectivity index (χ1) is 18.6. The topological polar surface area (TPSA) is 111 Å². The van der Waals surface area contributed by atoms with Crippen molar-refractivity contribution in [3.63, 3.8) is 0 Å². The van der Waals surface area contributed by atoms with Crippen molar-refractivity contribution in [1.29, 1.82) is 0 Å². The van der Waals surface area contributed by atoms with Gasteiger partial charge in [-0.25, -0.2) is 17.4 Å². The van der Waals surface area contributed by atoms with E-state index in [0.29, 0.717) is 29.1 Å². The Bertz CT molecular complexity index is 1480. The molecule has 1 fully saturated rings. The lowest BCUT2D eigenvalue weighted by molar-refractivity contribution is -0.117. The number of Topliss-reactive ketones (excluding diaryl/α,β-unsaturated/α-hetero) is 1. The number of morpholine rings is 1. The molecule has 9 nitrogen and oxygen atoms in total. The third kappa shape index (κ3) is 6.26. The maximum absolute atomic E-state index is 12.9. The fraction of sp³-hybridized carbons (Fsp3) is 0.464. The Morgan fingerprint density at radius 2 is 1.90 bits per heavy atom. The van der Waals surface area contributed by atoms with E-state index in [0.717, 1.165) is 54.7 Å². The third-order valence-corrected chi connectivity index (χ3v) is 9.04. The van der Waals surface area contributed by atoms with Crippen LogP contribution in [0.2, 0.25) is 0 Å². The molecule has 5 rings (SSSR count). The van der Waals surface area contributed by atoms with Crippen LogP contribution in [0.5, 0.6) is 0 Å². The summed E-state index contributed by atoms with van der Waals surface area (Å²) < 4.78 is 31.5. The molecule has 1 aliphatic carbocycles. The van der Waals surface area contributed by atoms with Crippen molar-refractivity contribution in [3.05, 3.63) is 57.7 Å². The van der Waals surface area contributed by atoms with Crippen LogP contribution in [0.15, 0.2) is 35.8 Å². The van der Waals surface area contributed by atoms with Gasteiger partial charge in [0.2, 0.25) is 10.0 Å². The summed E-state index contributed by atoms with van der Waals surface area (Å²) >= 11 is 1.42. The van der Waals surface area contributed by atoms with Crippen molar-refractivity contribution < 1.29 is 22.7 Å². The predicted molar refractivity (Wildman–Crippen MR) is 152 cm³/mol. The van der Waals surface area contributed by atoms with E-state index in [9.17, 15) is 18.0 Å². The number of benzene rings is 1. The molecule has 39 heavy (non-hydrogen) atoms. The first-order valence-electron chi connectivity index (χ1n) is 13.3. The number of thiazole rings is 1. The molecule has 1 amide bonds. The highest BCUT2D eigenvalue weighted by molar-refractivity contribution is 7.89. The maximum atomic E-state index is 12.9. The van der Waals surface area contributed by atoms with Gasteiger partial charge in [0, 0.05) is 41.6 Å². The van der Waals surface area contributed by atoms with Crippen LogP contribution in [-0.2, 0) is 38.8 Å². The molecule has 1 aliphatic heterocycles. The van der Waals surface area contributed by atoms with Crippen molar-refractivity contribution in [2.45, 2.75) is 58.2 Å². The average Bonchev–Trinajstić information content (AvgIpc) is 3.52. The molecule has 2 aliphatic rings. The van der Waals surface area contributed by atoms with Crippen molar-refractivity contribution in [3.8, 4) is 11.3 Å². The Morgan fingerprint density at radius 3 is 2.64 bits per heavy atom. The fourth-order valence-corrected chi connectivity index (χ4v) is 7.20. The van der Waals surface area contributed by atoms with Crippen LogP contribution in [0.3, 0.4) is 0 Å². The molecular formula is C28H34N4O5S2. The van der Waals surface area contributed by atoms with Gasteiger partial charge < -0.3 is 15.0 Å². The van der Waals surface area contributed by atoms with Crippen molar-refractivity contribution in [1.82, 2.24) is 14.3 Å². The number of carbonyl (C=O) groups is 2. The molecule has 0 unspecified atom stereocenters. The molecule has 3 heterocycles. The van der Waals surface area contributed by atoms with Gasteiger partial charge >= 0.3 is 0 Å². The summed E-state index contributed by atoms with van der Waals surface area (Å²) in [6, 6.07) is 8.25. The SMILES string of the molecule is C[C@@H]1CN(c2cccc(-c3csc(CC(=O)CNC(=O)c4cn(S(C)(=O)=O)c5c4CCCC5)n3)c2)C[C@H](C)O1. The number of ketones is 1. The van der Waals surface area contributed by atoms with E-state index in [1.807, 2.05) is 17.5 Å². The molecule has 3 aromatic rings. The Kier molecular flexibility index (Phi) is 7.93. The molecule has 208 valence electrons. The van der Waals surface area contributed by atoms with Crippen LogP contribution in [-0.4, -0.2) is 67.2 Å². The van der Waals surface area contributed by atoms with Crippen LogP contribution in [0.25, 0.3) is 11.3 Å². The van der Waals surface area contributed by atoms with E-state index in [2.05, 4.69) is 41.2 Å². The third-order valence-electron chi connectivity index (χ3n) is 7.15. The van der Waals surface area contributed by atoms with Gasteiger partial charge in [0.05, 0.1) is 42.7 Å². The highest BCUT2D eigenvalue weighted by Gasteiger charge is 2.27. The van der Waals surface area contributed by atoms with E-state index in [1.54, 1.807) is 0 Å². The van der Waals surface area contributed by atoms with Gasteiger partial charge in [0.15, 0.2) is 5.78 Å². The van der Waals surface area contributed by atoms with E-state index >= 15 is 0 Å². The first-order valence-corrected chi connectivity index (χ1v) is 16.0. The molecule has 1 N–H and O–H groups in total. The summed E-state index contributed by atoms with van der Waals surface area (Å²) in [4.78, 5) is 32.6. The minimum atomic E-state index is -3.51. The highest BCUT2D eigenvalue weighted by Crippen LogP contribution is 2.29. The van der Waals surface area contributed by atoms with Crippen LogP contribution < -0.4 is 10.2 Å². The lowest BCUT2D eigenvalue weighted by Crippen LogP contribution is -2.45. The number of hydrogen-bond donors (Lipinski definition) is 1. The van der Waals surface area contributed by atoms with Gasteiger partial charge in [0.1, 0.15) is 5.01 Å². The number of amides is 1. The van der Waals surface area contributed by atoms with Gasteiger partial charge in [-0.05, 0) is 57.2 Å². The summed E-state index contributed by atoms with van der Waals surface area (Å²) in [5.41, 5.74) is 4.71. The van der Waals surface area contributed by atoms with Gasteiger partial charge in [0.25, 0.3) is 5.91 Å². The molecule has 0 radical (unpaired) electrons. The Balaban J connectivity index is 1.21. The molecule has 2 atom stereocenters. The summed E-state index contributed by atoms with van der Waals surface area (Å²) in [6.07, 6.45) is 6.04. The number of rotatable bonds is 8. The lowest BCUT2D eigenvalue weighted by atomic mass is 9.95. The molecule has 11 heteroatoms. The summed E-state index contributed by atoms with van der Waals surface area (Å²) in [6.45, 7) is 5.68. The number of nitrogens with one attached hydrogen (secondary N) is 1. The second-order valence-corrected chi connectivity index (χ2v) is 13.3. The highest BCUT2D eigenvalue weighted by atomic mass is 32.2. The summed E-state index contributed by atoms with van der Waals surface area (Å²) in [5, 5.41) is 5.32. The number of anilines is 1. The molecule has 0 bridgehead atoms. The molecule has 0 saturated carbocycles. The molecule has 0 spiro atoms. The zero-order valence-corrected chi connectivity index (χ0v) is 24.1. The number of hydrogen-bond acceptors (Lipinski definition) is 8. The number of ether oxygens (including phenoxy) is 1. The van der Waals surface area contributed by atoms with Gasteiger partial charge in [-0.1, -0.05) is 12.1 Å². The number of fused-ring (bicyclic) bond motifs is 1. The number of aromatic nitrogens is 2. The van der Waals surface area contributed by atoms with E-state index in [1.165, 1.54) is 21.5 Å². The Morgan fingerprint density at radius 1 is 1.15 bits per heavy atom. The second kappa shape index (κ2) is 11.2. The smallest absolute Gasteiger partial charge is 0.253 e. The van der Waals surface area contributed by atoms with Crippen molar-refractivity contribution in [2.75, 3.05) is 30.8 Å². The largest absolute Gasteiger partial charge is 0.372 e. The van der Waals surface area contributed by atoms with Gasteiger partial charge in [-0.2, -0.15) is 0 Å². The van der Waals surface area contributed by atoms with E-state index in [4.69, 9.17) is 4.74 Å². The van der Waals surface area contributed by atoms with Gasteiger partial charge in [-0.3, -0.25) is 9.59 Å². The van der Waals surface area contributed by atoms with Crippen molar-refractivity contribution >= 4 is 38.7 Å².